The third-order valence-electron chi connectivity index (χ3n) is 3.42. The highest BCUT2D eigenvalue weighted by Gasteiger charge is 2.13. The van der Waals surface area contributed by atoms with Crippen molar-refractivity contribution in [2.24, 2.45) is 0 Å². The number of hydrogen-bond donors (Lipinski definition) is 0. The van der Waals surface area contributed by atoms with Crippen LogP contribution in [-0.4, -0.2) is 37.0 Å². The van der Waals surface area contributed by atoms with Gasteiger partial charge in [0, 0.05) is 19.5 Å². The summed E-state index contributed by atoms with van der Waals surface area (Å²) in [5.41, 5.74) is 2.41. The van der Waals surface area contributed by atoms with Crippen LogP contribution < -0.4 is 0 Å². The number of carbonyl (C=O) groups is 2. The molecule has 1 aromatic carbocycles. The van der Waals surface area contributed by atoms with Crippen LogP contribution in [0.15, 0.2) is 24.3 Å². The second-order valence-corrected chi connectivity index (χ2v) is 4.73. The lowest BCUT2D eigenvalue weighted by Gasteiger charge is -2.20. The highest BCUT2D eigenvalue weighted by molar-refractivity contribution is 5.77. The van der Waals surface area contributed by atoms with Crippen molar-refractivity contribution in [2.75, 3.05) is 20.2 Å². The Hall–Kier alpha value is -1.84. The molecule has 0 N–H and O–H groups in total. The van der Waals surface area contributed by atoms with Crippen LogP contribution in [0.5, 0.6) is 0 Å². The Morgan fingerprint density at radius 1 is 1.20 bits per heavy atom. The Morgan fingerprint density at radius 3 is 2.50 bits per heavy atom. The fourth-order valence-corrected chi connectivity index (χ4v) is 2.08. The molecule has 0 spiro atoms. The first-order valence-corrected chi connectivity index (χ1v) is 6.97. The summed E-state index contributed by atoms with van der Waals surface area (Å²) in [7, 11) is 1.36. The van der Waals surface area contributed by atoms with Crippen LogP contribution >= 0.6 is 0 Å². The summed E-state index contributed by atoms with van der Waals surface area (Å²) in [5.74, 6) is -0.199. The summed E-state index contributed by atoms with van der Waals surface area (Å²) in [6.07, 6.45) is 1.46. The summed E-state index contributed by atoms with van der Waals surface area (Å²) in [6, 6.07) is 8.08. The van der Waals surface area contributed by atoms with Crippen LogP contribution in [0.4, 0.5) is 0 Å². The van der Waals surface area contributed by atoms with E-state index in [9.17, 15) is 9.59 Å². The van der Waals surface area contributed by atoms with Crippen molar-refractivity contribution in [3.63, 3.8) is 0 Å². The maximum atomic E-state index is 12.1. The molecule has 4 nitrogen and oxygen atoms in total. The van der Waals surface area contributed by atoms with E-state index in [1.165, 1.54) is 18.2 Å². The van der Waals surface area contributed by atoms with Gasteiger partial charge >= 0.3 is 5.97 Å². The molecule has 0 heterocycles. The molecule has 0 fully saturated rings. The van der Waals surface area contributed by atoms with Crippen molar-refractivity contribution >= 4 is 11.9 Å². The number of esters is 1. The van der Waals surface area contributed by atoms with Gasteiger partial charge in [-0.25, -0.2) is 0 Å². The predicted octanol–water partition coefficient (Wildman–Crippen LogP) is 2.34. The lowest BCUT2D eigenvalue weighted by atomic mass is 10.0. The molecule has 0 aliphatic heterocycles. The maximum absolute atomic E-state index is 12.1. The fraction of sp³-hybridized carbons (Fsp3) is 0.500. The van der Waals surface area contributed by atoms with Crippen molar-refractivity contribution in [2.45, 2.75) is 33.1 Å². The largest absolute Gasteiger partial charge is 0.469 e. The van der Waals surface area contributed by atoms with E-state index in [2.05, 4.69) is 17.7 Å². The summed E-state index contributed by atoms with van der Waals surface area (Å²) >= 11 is 0. The molecule has 20 heavy (non-hydrogen) atoms. The number of hydrogen-bond acceptors (Lipinski definition) is 3. The third kappa shape index (κ3) is 5.03. The topological polar surface area (TPSA) is 46.6 Å². The molecule has 0 radical (unpaired) electrons. The molecule has 1 amide bonds. The van der Waals surface area contributed by atoms with Crippen LogP contribution in [0.2, 0.25) is 0 Å². The van der Waals surface area contributed by atoms with E-state index >= 15 is 0 Å². The minimum atomic E-state index is -0.282. The SMILES string of the molecule is CCN(CCC(=O)OC)C(=O)CCc1ccccc1C. The Bertz CT molecular complexity index is 457. The third-order valence-corrected chi connectivity index (χ3v) is 3.42. The molecule has 4 heteroatoms. The van der Waals surface area contributed by atoms with Gasteiger partial charge in [0.1, 0.15) is 0 Å². The molecular weight excluding hydrogens is 254 g/mol. The van der Waals surface area contributed by atoms with Gasteiger partial charge in [0.15, 0.2) is 0 Å². The van der Waals surface area contributed by atoms with E-state index in [1.54, 1.807) is 4.90 Å². The smallest absolute Gasteiger partial charge is 0.307 e. The van der Waals surface area contributed by atoms with Gasteiger partial charge in [-0.05, 0) is 31.4 Å². The van der Waals surface area contributed by atoms with E-state index in [4.69, 9.17) is 0 Å². The Labute approximate surface area is 120 Å². The standard InChI is InChI=1S/C16H23NO3/c1-4-17(12-11-16(19)20-3)15(18)10-9-14-8-6-5-7-13(14)2/h5-8H,4,9-12H2,1-3H3. The van der Waals surface area contributed by atoms with Gasteiger partial charge in [-0.2, -0.15) is 0 Å². The molecular formula is C16H23NO3. The molecule has 0 saturated carbocycles. The molecule has 1 aromatic rings. The van der Waals surface area contributed by atoms with Gasteiger partial charge in [-0.1, -0.05) is 24.3 Å². The zero-order valence-corrected chi connectivity index (χ0v) is 12.5. The summed E-state index contributed by atoms with van der Waals surface area (Å²) < 4.78 is 4.59. The van der Waals surface area contributed by atoms with E-state index in [0.29, 0.717) is 19.5 Å². The zero-order chi connectivity index (χ0) is 15.0. The van der Waals surface area contributed by atoms with Crippen LogP contribution in [0.25, 0.3) is 0 Å². The van der Waals surface area contributed by atoms with Gasteiger partial charge in [0.2, 0.25) is 5.91 Å². The van der Waals surface area contributed by atoms with E-state index < -0.39 is 0 Å². The number of nitrogens with zero attached hydrogens (tertiary/aromatic N) is 1. The Morgan fingerprint density at radius 2 is 1.90 bits per heavy atom. The number of methoxy groups -OCH3 is 1. The molecule has 0 aromatic heterocycles. The Balaban J connectivity index is 2.47. The van der Waals surface area contributed by atoms with Crippen molar-refractivity contribution in [3.8, 4) is 0 Å². The molecule has 110 valence electrons. The molecule has 1 rings (SSSR count). The number of ether oxygens (including phenoxy) is 1. The zero-order valence-electron chi connectivity index (χ0n) is 12.5. The first-order valence-electron chi connectivity index (χ1n) is 6.97. The van der Waals surface area contributed by atoms with Gasteiger partial charge < -0.3 is 9.64 Å². The Kier molecular flexibility index (Phi) is 6.77. The van der Waals surface area contributed by atoms with Gasteiger partial charge in [-0.3, -0.25) is 9.59 Å². The second kappa shape index (κ2) is 8.35. The number of benzene rings is 1. The van der Waals surface area contributed by atoms with Gasteiger partial charge in [-0.15, -0.1) is 0 Å². The predicted molar refractivity (Wildman–Crippen MR) is 78.4 cm³/mol. The minimum Gasteiger partial charge on any atom is -0.469 e. The van der Waals surface area contributed by atoms with Crippen LogP contribution in [0, 0.1) is 6.92 Å². The summed E-state index contributed by atoms with van der Waals surface area (Å²) in [6.45, 7) is 5.01. The molecule has 0 bridgehead atoms. The lowest BCUT2D eigenvalue weighted by molar-refractivity contribution is -0.141. The minimum absolute atomic E-state index is 0.0830. The maximum Gasteiger partial charge on any atom is 0.307 e. The highest BCUT2D eigenvalue weighted by atomic mass is 16.5. The molecule has 0 aliphatic rings. The van der Waals surface area contributed by atoms with Crippen molar-refractivity contribution in [1.29, 1.82) is 0 Å². The van der Waals surface area contributed by atoms with Crippen LogP contribution in [0.3, 0.4) is 0 Å². The van der Waals surface area contributed by atoms with Gasteiger partial charge in [0.05, 0.1) is 13.5 Å². The first-order chi connectivity index (χ1) is 9.58. The quantitative estimate of drug-likeness (QED) is 0.719. The van der Waals surface area contributed by atoms with Crippen molar-refractivity contribution in [3.05, 3.63) is 35.4 Å². The van der Waals surface area contributed by atoms with E-state index in [0.717, 1.165) is 6.42 Å². The number of carbonyl (C=O) groups excluding carboxylic acids is 2. The molecule has 0 unspecified atom stereocenters. The van der Waals surface area contributed by atoms with Crippen molar-refractivity contribution < 1.29 is 14.3 Å². The molecule has 0 aliphatic carbocycles. The lowest BCUT2D eigenvalue weighted by Crippen LogP contribution is -2.33. The average Bonchev–Trinajstić information content (AvgIpc) is 2.46. The summed E-state index contributed by atoms with van der Waals surface area (Å²) in [4.78, 5) is 25.0. The normalized spacial score (nSPS) is 10.2. The van der Waals surface area contributed by atoms with Crippen LogP contribution in [0.1, 0.15) is 30.9 Å². The van der Waals surface area contributed by atoms with E-state index in [1.807, 2.05) is 25.1 Å². The summed E-state index contributed by atoms with van der Waals surface area (Å²) in [5, 5.41) is 0. The first kappa shape index (κ1) is 16.2. The number of amides is 1. The monoisotopic (exact) mass is 277 g/mol. The highest BCUT2D eigenvalue weighted by Crippen LogP contribution is 2.10. The van der Waals surface area contributed by atoms with E-state index in [-0.39, 0.29) is 18.3 Å². The van der Waals surface area contributed by atoms with Gasteiger partial charge in [0.25, 0.3) is 0 Å². The van der Waals surface area contributed by atoms with Crippen LogP contribution in [-0.2, 0) is 20.7 Å². The van der Waals surface area contributed by atoms with Crippen molar-refractivity contribution in [1.82, 2.24) is 4.90 Å². The number of aryl methyl sites for hydroxylation is 2. The average molecular weight is 277 g/mol. The molecule has 0 atom stereocenters. The molecule has 0 saturated heterocycles. The second-order valence-electron chi connectivity index (χ2n) is 4.73. The fourth-order valence-electron chi connectivity index (χ4n) is 2.08. The number of rotatable bonds is 7.